The lowest BCUT2D eigenvalue weighted by molar-refractivity contribution is 0.602. The molecule has 0 spiro atoms. The van der Waals surface area contributed by atoms with Crippen LogP contribution in [0.2, 0.25) is 10.0 Å². The molecule has 1 aromatic carbocycles. The van der Waals surface area contributed by atoms with Crippen LogP contribution in [-0.4, -0.2) is 28.6 Å². The van der Waals surface area contributed by atoms with E-state index in [-0.39, 0.29) is 5.82 Å². The van der Waals surface area contributed by atoms with E-state index in [9.17, 15) is 13.7 Å². The number of hydrogen-bond acceptors (Lipinski definition) is 7. The van der Waals surface area contributed by atoms with E-state index in [2.05, 4.69) is 31.0 Å². The molecular formula is C18H11Cl2N7O2S2. The highest BCUT2D eigenvalue weighted by molar-refractivity contribution is 7.90. The second kappa shape index (κ2) is 8.26. The van der Waals surface area contributed by atoms with Crippen LogP contribution in [-0.2, 0) is 10.2 Å². The summed E-state index contributed by atoms with van der Waals surface area (Å²) < 4.78 is 24.9. The number of aromatic nitrogens is 4. The van der Waals surface area contributed by atoms with Gasteiger partial charge in [-0.25, -0.2) is 10.1 Å². The zero-order valence-electron chi connectivity index (χ0n) is 15.3. The van der Waals surface area contributed by atoms with Crippen LogP contribution in [0.25, 0.3) is 32.3 Å². The number of halogens is 2. The smallest absolute Gasteiger partial charge is 0.297 e. The van der Waals surface area contributed by atoms with Gasteiger partial charge in [-0.05, 0) is 29.8 Å². The molecule has 13 heteroatoms. The van der Waals surface area contributed by atoms with Crippen LogP contribution in [0.1, 0.15) is 5.56 Å². The topological polar surface area (TPSA) is 150 Å². The quantitative estimate of drug-likeness (QED) is 0.382. The van der Waals surface area contributed by atoms with E-state index in [1.165, 1.54) is 29.9 Å². The van der Waals surface area contributed by atoms with Crippen LogP contribution in [0.5, 0.6) is 0 Å². The second-order valence-corrected chi connectivity index (χ2v) is 9.32. The molecule has 0 saturated heterocycles. The number of anilines is 1. The Morgan fingerprint density at radius 1 is 1.19 bits per heavy atom. The first-order valence-electron chi connectivity index (χ1n) is 8.42. The van der Waals surface area contributed by atoms with Gasteiger partial charge in [-0.15, -0.1) is 21.5 Å². The number of benzene rings is 1. The minimum atomic E-state index is -4.01. The normalized spacial score (nSPS) is 11.3. The van der Waals surface area contributed by atoms with E-state index in [4.69, 9.17) is 28.3 Å². The molecule has 0 aliphatic rings. The van der Waals surface area contributed by atoms with Crippen molar-refractivity contribution >= 4 is 50.6 Å². The Morgan fingerprint density at radius 3 is 2.65 bits per heavy atom. The summed E-state index contributed by atoms with van der Waals surface area (Å²) in [5, 5.41) is 23.8. The summed E-state index contributed by atoms with van der Waals surface area (Å²) in [6.45, 7) is 0. The highest BCUT2D eigenvalue weighted by Gasteiger charge is 2.25. The molecule has 0 aliphatic carbocycles. The molecule has 3 aromatic heterocycles. The van der Waals surface area contributed by atoms with E-state index in [0.717, 1.165) is 0 Å². The lowest BCUT2D eigenvalue weighted by Crippen LogP contribution is -2.22. The monoisotopic (exact) mass is 491 g/mol. The molecule has 0 fully saturated rings. The van der Waals surface area contributed by atoms with Gasteiger partial charge in [-0.3, -0.25) is 4.72 Å². The van der Waals surface area contributed by atoms with Crippen LogP contribution >= 0.6 is 34.5 Å². The van der Waals surface area contributed by atoms with Gasteiger partial charge in [0.1, 0.15) is 18.2 Å². The van der Waals surface area contributed by atoms with Crippen molar-refractivity contribution in [2.24, 2.45) is 5.14 Å². The van der Waals surface area contributed by atoms with Crippen LogP contribution in [0, 0.1) is 11.3 Å². The molecule has 0 radical (unpaired) electrons. The van der Waals surface area contributed by atoms with E-state index in [1.54, 1.807) is 24.3 Å². The first-order chi connectivity index (χ1) is 14.8. The first kappa shape index (κ1) is 21.2. The summed E-state index contributed by atoms with van der Waals surface area (Å²) in [6, 6.07) is 10.3. The van der Waals surface area contributed by atoms with Gasteiger partial charge in [0.2, 0.25) is 0 Å². The summed E-state index contributed by atoms with van der Waals surface area (Å²) in [6.07, 6.45) is 2.83. The Balaban J connectivity index is 1.98. The fraction of sp³-hybridized carbons (Fsp3) is 0. The van der Waals surface area contributed by atoms with Gasteiger partial charge in [-0.2, -0.15) is 13.7 Å². The van der Waals surface area contributed by atoms with Crippen molar-refractivity contribution in [2.45, 2.75) is 0 Å². The summed E-state index contributed by atoms with van der Waals surface area (Å²) in [5.41, 5.74) is 2.03. The molecule has 0 bridgehead atoms. The van der Waals surface area contributed by atoms with Gasteiger partial charge in [-0.1, -0.05) is 29.3 Å². The summed E-state index contributed by atoms with van der Waals surface area (Å²) in [4.78, 5) is 8.09. The predicted octanol–water partition coefficient (Wildman–Crippen LogP) is 4.06. The molecule has 9 nitrogen and oxygen atoms in total. The predicted molar refractivity (Wildman–Crippen MR) is 120 cm³/mol. The molecule has 4 N–H and O–H groups in total. The fourth-order valence-electron chi connectivity index (χ4n) is 2.95. The van der Waals surface area contributed by atoms with Crippen molar-refractivity contribution in [3.05, 3.63) is 58.5 Å². The maximum atomic E-state index is 11.4. The number of nitrogens with one attached hydrogen (secondary N) is 2. The first-order valence-corrected chi connectivity index (χ1v) is 11.5. The molecule has 0 saturated carbocycles. The summed E-state index contributed by atoms with van der Waals surface area (Å²) in [5.74, 6) is 0.468. The zero-order chi connectivity index (χ0) is 22.2. The third-order valence-corrected chi connectivity index (χ3v) is 6.41. The minimum absolute atomic E-state index is 0.0181. The van der Waals surface area contributed by atoms with Crippen LogP contribution in [0.4, 0.5) is 5.82 Å². The van der Waals surface area contributed by atoms with Crippen LogP contribution < -0.4 is 9.86 Å². The van der Waals surface area contributed by atoms with Crippen molar-refractivity contribution in [3.8, 4) is 38.3 Å². The van der Waals surface area contributed by atoms with Gasteiger partial charge in [0.15, 0.2) is 5.82 Å². The second-order valence-electron chi connectivity index (χ2n) is 6.16. The molecule has 0 atom stereocenters. The number of aromatic amines is 1. The van der Waals surface area contributed by atoms with Crippen molar-refractivity contribution in [1.82, 2.24) is 20.2 Å². The highest BCUT2D eigenvalue weighted by atomic mass is 35.5. The number of nitrogens with two attached hydrogens (primary N) is 1. The van der Waals surface area contributed by atoms with Gasteiger partial charge in [0.05, 0.1) is 15.3 Å². The molecule has 0 unspecified atom stereocenters. The largest absolute Gasteiger partial charge is 0.327 e. The van der Waals surface area contributed by atoms with Crippen LogP contribution in [0.15, 0.2) is 42.9 Å². The number of nitrogens with zero attached hydrogens (tertiary/aromatic N) is 4. The third kappa shape index (κ3) is 4.39. The SMILES string of the molecule is N#Cc1c(-c2ccnc(NS(N)(=O)=O)c2)sc(-c2nnc[nH]2)c1-c1ccc(Cl)cc1Cl. The molecule has 31 heavy (non-hydrogen) atoms. The molecule has 0 amide bonds. The maximum Gasteiger partial charge on any atom is 0.297 e. The lowest BCUT2D eigenvalue weighted by Gasteiger charge is -2.07. The van der Waals surface area contributed by atoms with Crippen molar-refractivity contribution in [3.63, 3.8) is 0 Å². The molecule has 4 aromatic rings. The number of thiophene rings is 1. The molecular weight excluding hydrogens is 481 g/mol. The number of rotatable bonds is 5. The summed E-state index contributed by atoms with van der Waals surface area (Å²) >= 11 is 13.8. The Hall–Kier alpha value is -3.01. The number of pyridine rings is 1. The van der Waals surface area contributed by atoms with E-state index in [1.807, 2.05) is 0 Å². The van der Waals surface area contributed by atoms with Gasteiger partial charge in [0, 0.05) is 27.4 Å². The van der Waals surface area contributed by atoms with Crippen molar-refractivity contribution in [1.29, 1.82) is 5.26 Å². The number of nitriles is 1. The molecule has 4 rings (SSSR count). The van der Waals surface area contributed by atoms with Crippen LogP contribution in [0.3, 0.4) is 0 Å². The van der Waals surface area contributed by atoms with Crippen molar-refractivity contribution in [2.75, 3.05) is 4.72 Å². The van der Waals surface area contributed by atoms with E-state index in [0.29, 0.717) is 47.9 Å². The Kier molecular flexibility index (Phi) is 5.65. The van der Waals surface area contributed by atoms with E-state index >= 15 is 0 Å². The fourth-order valence-corrected chi connectivity index (χ4v) is 5.06. The zero-order valence-corrected chi connectivity index (χ0v) is 18.4. The average molecular weight is 492 g/mol. The van der Waals surface area contributed by atoms with E-state index < -0.39 is 10.2 Å². The summed E-state index contributed by atoms with van der Waals surface area (Å²) in [7, 11) is -4.01. The minimum Gasteiger partial charge on any atom is -0.327 e. The molecule has 156 valence electrons. The molecule has 0 aliphatic heterocycles. The third-order valence-electron chi connectivity index (χ3n) is 4.12. The standard InChI is InChI=1S/C18H11Cl2N7O2S2/c19-10-1-2-11(13(20)6-10)15-12(7-21)16(30-17(15)18-24-8-25-26-18)9-3-4-23-14(5-9)27-31(22,28)29/h1-6,8H,(H,23,27)(H2,22,28,29)(H,24,25,26). The van der Waals surface area contributed by atoms with Crippen molar-refractivity contribution < 1.29 is 8.42 Å². The number of H-pyrrole nitrogens is 1. The molecule has 3 heterocycles. The number of hydrogen-bond donors (Lipinski definition) is 3. The van der Waals surface area contributed by atoms with Gasteiger partial charge < -0.3 is 4.98 Å². The maximum absolute atomic E-state index is 11.4. The average Bonchev–Trinajstić information content (AvgIpc) is 3.34. The highest BCUT2D eigenvalue weighted by Crippen LogP contribution is 2.48. The Bertz CT molecular complexity index is 1430. The van der Waals surface area contributed by atoms with Gasteiger partial charge >= 0.3 is 0 Å². The Labute approximate surface area is 190 Å². The lowest BCUT2D eigenvalue weighted by atomic mass is 9.98. The van der Waals surface area contributed by atoms with Gasteiger partial charge in [0.25, 0.3) is 10.2 Å². The Morgan fingerprint density at radius 2 is 2.00 bits per heavy atom.